The van der Waals surface area contributed by atoms with E-state index in [1.165, 1.54) is 0 Å². The molecule has 0 aliphatic heterocycles. The van der Waals surface area contributed by atoms with E-state index in [2.05, 4.69) is 10.6 Å². The lowest BCUT2D eigenvalue weighted by molar-refractivity contribution is -0.122. The van der Waals surface area contributed by atoms with Gasteiger partial charge in [0.2, 0.25) is 11.8 Å². The smallest absolute Gasteiger partial charge is 0.220 e. The van der Waals surface area contributed by atoms with E-state index in [4.69, 9.17) is 0 Å². The molecular weight excluding hydrogens is 244 g/mol. The lowest BCUT2D eigenvalue weighted by Crippen LogP contribution is -2.33. The fourth-order valence-electron chi connectivity index (χ4n) is 2.49. The first-order valence-electron chi connectivity index (χ1n) is 7.33. The van der Waals surface area contributed by atoms with Crippen LogP contribution in [0.15, 0.2) is 0 Å². The molecule has 0 bridgehead atoms. The number of amides is 2. The van der Waals surface area contributed by atoms with Gasteiger partial charge in [-0.2, -0.15) is 0 Å². The Hall–Kier alpha value is -1.10. The number of aliphatic hydroxyl groups excluding tert-OH is 1. The summed E-state index contributed by atoms with van der Waals surface area (Å²) >= 11 is 0. The highest BCUT2D eigenvalue weighted by atomic mass is 16.3. The van der Waals surface area contributed by atoms with Gasteiger partial charge in [0, 0.05) is 25.9 Å². The van der Waals surface area contributed by atoms with Gasteiger partial charge in [-0.05, 0) is 38.5 Å². The second-order valence-electron chi connectivity index (χ2n) is 5.30. The van der Waals surface area contributed by atoms with Crippen molar-refractivity contribution < 1.29 is 14.7 Å². The van der Waals surface area contributed by atoms with E-state index in [1.54, 1.807) is 0 Å². The molecule has 0 aromatic rings. The molecule has 2 amide bonds. The lowest BCUT2D eigenvalue weighted by atomic mass is 9.87. The summed E-state index contributed by atoms with van der Waals surface area (Å²) in [6.07, 6.45) is 4.99. The Balaban J connectivity index is 2.06. The number of carbonyl (C=O) groups excluding carboxylic acids is 2. The topological polar surface area (TPSA) is 78.4 Å². The molecule has 0 radical (unpaired) electrons. The average molecular weight is 270 g/mol. The minimum atomic E-state index is -0.201. The van der Waals surface area contributed by atoms with Gasteiger partial charge in [0.1, 0.15) is 0 Å². The molecule has 0 spiro atoms. The van der Waals surface area contributed by atoms with Gasteiger partial charge in [0.25, 0.3) is 0 Å². The number of hydrogen-bond donors (Lipinski definition) is 3. The maximum Gasteiger partial charge on any atom is 0.220 e. The standard InChI is InChI=1S/C14H26N2O3/c1-2-15-13(18)7-4-8-14(19)16-10-11-5-3-6-12(17)9-11/h11-12,17H,2-10H2,1H3,(H,15,18)(H,16,19). The minimum absolute atomic E-state index is 0.00404. The van der Waals surface area contributed by atoms with Gasteiger partial charge in [-0.25, -0.2) is 0 Å². The molecule has 110 valence electrons. The van der Waals surface area contributed by atoms with Crippen LogP contribution in [0, 0.1) is 5.92 Å². The summed E-state index contributed by atoms with van der Waals surface area (Å²) in [5.74, 6) is 0.408. The lowest BCUT2D eigenvalue weighted by Gasteiger charge is -2.25. The average Bonchev–Trinajstić information content (AvgIpc) is 2.37. The van der Waals surface area contributed by atoms with E-state index in [-0.39, 0.29) is 17.9 Å². The van der Waals surface area contributed by atoms with E-state index in [1.807, 2.05) is 6.92 Å². The highest BCUT2D eigenvalue weighted by Crippen LogP contribution is 2.23. The third-order valence-electron chi connectivity index (χ3n) is 3.52. The van der Waals surface area contributed by atoms with Gasteiger partial charge in [-0.15, -0.1) is 0 Å². The van der Waals surface area contributed by atoms with Crippen LogP contribution in [0.5, 0.6) is 0 Å². The molecule has 2 unspecified atom stereocenters. The van der Waals surface area contributed by atoms with Gasteiger partial charge in [0.05, 0.1) is 6.10 Å². The van der Waals surface area contributed by atoms with Crippen molar-refractivity contribution in [3.05, 3.63) is 0 Å². The molecule has 0 heterocycles. The van der Waals surface area contributed by atoms with Crippen LogP contribution < -0.4 is 10.6 Å². The fraction of sp³-hybridized carbons (Fsp3) is 0.857. The summed E-state index contributed by atoms with van der Waals surface area (Å²) in [5.41, 5.74) is 0. The zero-order chi connectivity index (χ0) is 14.1. The minimum Gasteiger partial charge on any atom is -0.393 e. The van der Waals surface area contributed by atoms with Crippen LogP contribution in [0.2, 0.25) is 0 Å². The molecule has 5 heteroatoms. The first-order valence-corrected chi connectivity index (χ1v) is 7.33. The maximum atomic E-state index is 11.6. The molecule has 0 aromatic carbocycles. The summed E-state index contributed by atoms with van der Waals surface area (Å²) in [6.45, 7) is 3.16. The quantitative estimate of drug-likeness (QED) is 0.645. The Labute approximate surface area is 115 Å². The fourth-order valence-corrected chi connectivity index (χ4v) is 2.49. The predicted molar refractivity (Wildman–Crippen MR) is 73.5 cm³/mol. The van der Waals surface area contributed by atoms with Gasteiger partial charge < -0.3 is 15.7 Å². The van der Waals surface area contributed by atoms with Crippen molar-refractivity contribution in [3.8, 4) is 0 Å². The molecule has 1 saturated carbocycles. The van der Waals surface area contributed by atoms with Crippen molar-refractivity contribution in [1.29, 1.82) is 0 Å². The predicted octanol–water partition coefficient (Wildman–Crippen LogP) is 0.960. The van der Waals surface area contributed by atoms with Crippen LogP contribution in [0.1, 0.15) is 51.9 Å². The Morgan fingerprint density at radius 3 is 2.47 bits per heavy atom. The van der Waals surface area contributed by atoms with Gasteiger partial charge >= 0.3 is 0 Å². The van der Waals surface area contributed by atoms with Crippen molar-refractivity contribution in [2.24, 2.45) is 5.92 Å². The molecule has 2 atom stereocenters. The number of aliphatic hydroxyl groups is 1. The summed E-state index contributed by atoms with van der Waals surface area (Å²) < 4.78 is 0. The van der Waals surface area contributed by atoms with Crippen molar-refractivity contribution in [1.82, 2.24) is 10.6 Å². The first-order chi connectivity index (χ1) is 9.11. The molecule has 19 heavy (non-hydrogen) atoms. The largest absolute Gasteiger partial charge is 0.393 e. The zero-order valence-electron chi connectivity index (χ0n) is 11.8. The van der Waals surface area contributed by atoms with Crippen molar-refractivity contribution >= 4 is 11.8 Å². The van der Waals surface area contributed by atoms with Crippen molar-refractivity contribution in [2.45, 2.75) is 58.0 Å². The number of rotatable bonds is 7. The summed E-state index contributed by atoms with van der Waals surface area (Å²) in [6, 6.07) is 0. The monoisotopic (exact) mass is 270 g/mol. The van der Waals surface area contributed by atoms with Crippen molar-refractivity contribution in [3.63, 3.8) is 0 Å². The Kier molecular flexibility index (Phi) is 7.48. The van der Waals surface area contributed by atoms with E-state index in [9.17, 15) is 14.7 Å². The third-order valence-corrected chi connectivity index (χ3v) is 3.52. The van der Waals surface area contributed by atoms with Crippen LogP contribution in [0.25, 0.3) is 0 Å². The molecule has 3 N–H and O–H groups in total. The van der Waals surface area contributed by atoms with E-state index < -0.39 is 0 Å². The van der Waals surface area contributed by atoms with Crippen LogP contribution >= 0.6 is 0 Å². The van der Waals surface area contributed by atoms with E-state index in [0.29, 0.717) is 38.3 Å². The van der Waals surface area contributed by atoms with Crippen LogP contribution in [0.4, 0.5) is 0 Å². The number of hydrogen-bond acceptors (Lipinski definition) is 3. The highest BCUT2D eigenvalue weighted by molar-refractivity contribution is 5.78. The summed E-state index contributed by atoms with van der Waals surface area (Å²) in [7, 11) is 0. The van der Waals surface area contributed by atoms with Gasteiger partial charge in [-0.3, -0.25) is 9.59 Å². The Morgan fingerprint density at radius 2 is 1.84 bits per heavy atom. The summed E-state index contributed by atoms with van der Waals surface area (Å²) in [5, 5.41) is 15.1. The first kappa shape index (κ1) is 16.0. The normalized spacial score (nSPS) is 22.8. The summed E-state index contributed by atoms with van der Waals surface area (Å²) in [4.78, 5) is 22.8. The Morgan fingerprint density at radius 1 is 1.16 bits per heavy atom. The molecular formula is C14H26N2O3. The second-order valence-corrected chi connectivity index (χ2v) is 5.30. The molecule has 0 aromatic heterocycles. The Bertz CT molecular complexity index is 294. The molecule has 1 aliphatic rings. The SMILES string of the molecule is CCNC(=O)CCCC(=O)NCC1CCCC(O)C1. The molecule has 1 fully saturated rings. The van der Waals surface area contributed by atoms with E-state index in [0.717, 1.165) is 25.7 Å². The van der Waals surface area contributed by atoms with Gasteiger partial charge in [0.15, 0.2) is 0 Å². The van der Waals surface area contributed by atoms with Crippen molar-refractivity contribution in [2.75, 3.05) is 13.1 Å². The molecule has 1 rings (SSSR count). The number of carbonyl (C=O) groups is 2. The van der Waals surface area contributed by atoms with Crippen LogP contribution in [-0.4, -0.2) is 36.1 Å². The second kappa shape index (κ2) is 8.91. The molecule has 5 nitrogen and oxygen atoms in total. The van der Waals surface area contributed by atoms with Crippen LogP contribution in [0.3, 0.4) is 0 Å². The zero-order valence-corrected chi connectivity index (χ0v) is 11.8. The third kappa shape index (κ3) is 7.15. The highest BCUT2D eigenvalue weighted by Gasteiger charge is 2.20. The van der Waals surface area contributed by atoms with Crippen LogP contribution in [-0.2, 0) is 9.59 Å². The molecule has 0 saturated heterocycles. The maximum absolute atomic E-state index is 11.6. The number of nitrogens with one attached hydrogen (secondary N) is 2. The van der Waals surface area contributed by atoms with Gasteiger partial charge in [-0.1, -0.05) is 6.42 Å². The molecule has 1 aliphatic carbocycles. The van der Waals surface area contributed by atoms with E-state index >= 15 is 0 Å².